The molecule has 0 saturated carbocycles. The molecule has 0 saturated heterocycles. The smallest absolute Gasteiger partial charge is 0.284 e. The van der Waals surface area contributed by atoms with E-state index >= 15 is 0 Å². The molecule has 2 rings (SSSR count). The minimum absolute atomic E-state index is 0.0427. The molecule has 76 valence electrons. The number of carbonyl (C=O) groups excluding carboxylic acids is 1. The van der Waals surface area contributed by atoms with E-state index in [0.717, 1.165) is 0 Å². The molecule has 0 aliphatic heterocycles. The van der Waals surface area contributed by atoms with Gasteiger partial charge in [-0.1, -0.05) is 18.2 Å². The Morgan fingerprint density at radius 3 is 2.47 bits per heavy atom. The van der Waals surface area contributed by atoms with E-state index in [9.17, 15) is 9.59 Å². The molecule has 3 N–H and O–H groups in total. The van der Waals surface area contributed by atoms with Crippen molar-refractivity contribution in [2.45, 2.75) is 0 Å². The van der Waals surface area contributed by atoms with Crippen LogP contribution in [0.15, 0.2) is 41.3 Å². The Morgan fingerprint density at radius 1 is 1.27 bits per heavy atom. The monoisotopic (exact) mass is 203 g/mol. The summed E-state index contributed by atoms with van der Waals surface area (Å²) < 4.78 is 1.26. The van der Waals surface area contributed by atoms with E-state index in [4.69, 9.17) is 5.73 Å². The highest BCUT2D eigenvalue weighted by Gasteiger charge is 2.11. The molecule has 2 aromatic rings. The molecular formula is C10H9N3O2. The van der Waals surface area contributed by atoms with E-state index in [-0.39, 0.29) is 5.56 Å². The van der Waals surface area contributed by atoms with Crippen LogP contribution in [0.5, 0.6) is 0 Å². The lowest BCUT2D eigenvalue weighted by Crippen LogP contribution is -2.23. The van der Waals surface area contributed by atoms with Crippen LogP contribution in [0.1, 0.15) is 10.4 Å². The highest BCUT2D eigenvalue weighted by atomic mass is 16.2. The van der Waals surface area contributed by atoms with E-state index in [1.54, 1.807) is 24.3 Å². The quantitative estimate of drug-likeness (QED) is 0.734. The third kappa shape index (κ3) is 1.54. The number of hydrogen-bond acceptors (Lipinski definition) is 2. The van der Waals surface area contributed by atoms with Crippen molar-refractivity contribution in [1.29, 1.82) is 0 Å². The fraction of sp³-hybridized carbons (Fsp3) is 0. The van der Waals surface area contributed by atoms with Crippen molar-refractivity contribution in [3.8, 4) is 5.69 Å². The summed E-state index contributed by atoms with van der Waals surface area (Å²) in [6.07, 6.45) is 1.30. The molecule has 0 aliphatic carbocycles. The van der Waals surface area contributed by atoms with Gasteiger partial charge in [0.25, 0.3) is 11.5 Å². The molecule has 0 spiro atoms. The summed E-state index contributed by atoms with van der Waals surface area (Å²) in [5, 5.41) is 2.68. The van der Waals surface area contributed by atoms with Crippen molar-refractivity contribution in [3.05, 3.63) is 52.4 Å². The van der Waals surface area contributed by atoms with Gasteiger partial charge in [0.1, 0.15) is 5.56 Å². The predicted octanol–water partition coefficient (Wildman–Crippen LogP) is 0.265. The zero-order valence-corrected chi connectivity index (χ0v) is 7.81. The summed E-state index contributed by atoms with van der Waals surface area (Å²) in [4.78, 5) is 22.5. The third-order valence-corrected chi connectivity index (χ3v) is 2.05. The summed E-state index contributed by atoms with van der Waals surface area (Å²) in [5.74, 6) is -0.731. The van der Waals surface area contributed by atoms with Crippen LogP contribution in [0.2, 0.25) is 0 Å². The van der Waals surface area contributed by atoms with E-state index in [2.05, 4.69) is 5.10 Å². The second-order valence-electron chi connectivity index (χ2n) is 3.03. The fourth-order valence-corrected chi connectivity index (χ4v) is 1.32. The number of amides is 1. The zero-order chi connectivity index (χ0) is 10.8. The van der Waals surface area contributed by atoms with Crippen molar-refractivity contribution < 1.29 is 4.79 Å². The number of hydrogen-bond donors (Lipinski definition) is 2. The first-order valence-electron chi connectivity index (χ1n) is 4.36. The number of nitrogens with zero attached hydrogens (tertiary/aromatic N) is 1. The fourth-order valence-electron chi connectivity index (χ4n) is 1.32. The first kappa shape index (κ1) is 9.26. The van der Waals surface area contributed by atoms with Gasteiger partial charge in [0.15, 0.2) is 0 Å². The molecule has 15 heavy (non-hydrogen) atoms. The van der Waals surface area contributed by atoms with Crippen LogP contribution in [0, 0.1) is 0 Å². The minimum atomic E-state index is -0.731. The lowest BCUT2D eigenvalue weighted by atomic mass is 10.3. The lowest BCUT2D eigenvalue weighted by Gasteiger charge is -1.98. The van der Waals surface area contributed by atoms with Gasteiger partial charge in [-0.25, -0.2) is 4.68 Å². The van der Waals surface area contributed by atoms with Crippen LogP contribution in [0.4, 0.5) is 0 Å². The van der Waals surface area contributed by atoms with Gasteiger partial charge in [0, 0.05) is 6.20 Å². The molecular weight excluding hydrogens is 194 g/mol. The van der Waals surface area contributed by atoms with Gasteiger partial charge in [0.2, 0.25) is 0 Å². The average molecular weight is 203 g/mol. The minimum Gasteiger partial charge on any atom is -0.365 e. The Labute approximate surface area is 85.1 Å². The van der Waals surface area contributed by atoms with E-state index in [1.165, 1.54) is 10.9 Å². The van der Waals surface area contributed by atoms with Crippen LogP contribution >= 0.6 is 0 Å². The van der Waals surface area contributed by atoms with Crippen LogP contribution in [-0.2, 0) is 0 Å². The van der Waals surface area contributed by atoms with E-state index < -0.39 is 11.5 Å². The number of primary amides is 1. The van der Waals surface area contributed by atoms with Gasteiger partial charge in [-0.05, 0) is 12.1 Å². The number of para-hydroxylation sites is 1. The molecule has 0 bridgehead atoms. The number of aromatic nitrogens is 2. The standard InChI is InChI=1S/C10H9N3O2/c11-9(14)8-6-12-13(10(8)15)7-4-2-1-3-5-7/h1-6,12H,(H2,11,14). The second-order valence-corrected chi connectivity index (χ2v) is 3.03. The first-order chi connectivity index (χ1) is 7.20. The molecule has 1 amide bonds. The van der Waals surface area contributed by atoms with E-state index in [0.29, 0.717) is 5.69 Å². The maximum Gasteiger partial charge on any atom is 0.284 e. The Balaban J connectivity index is 2.57. The average Bonchev–Trinajstić information content (AvgIpc) is 2.61. The number of carbonyl (C=O) groups is 1. The summed E-state index contributed by atoms with van der Waals surface area (Å²) in [6, 6.07) is 8.94. The Kier molecular flexibility index (Phi) is 2.13. The number of benzene rings is 1. The zero-order valence-electron chi connectivity index (χ0n) is 7.81. The number of H-pyrrole nitrogens is 1. The number of rotatable bonds is 2. The van der Waals surface area contributed by atoms with Crippen LogP contribution in [0.25, 0.3) is 5.69 Å². The largest absolute Gasteiger partial charge is 0.365 e. The number of aromatic amines is 1. The summed E-state index contributed by atoms with van der Waals surface area (Å²) in [7, 11) is 0. The summed E-state index contributed by atoms with van der Waals surface area (Å²) in [5.41, 5.74) is 5.22. The van der Waals surface area contributed by atoms with Crippen molar-refractivity contribution >= 4 is 5.91 Å². The predicted molar refractivity (Wildman–Crippen MR) is 54.9 cm³/mol. The third-order valence-electron chi connectivity index (χ3n) is 2.05. The van der Waals surface area contributed by atoms with Crippen molar-refractivity contribution in [3.63, 3.8) is 0 Å². The summed E-state index contributed by atoms with van der Waals surface area (Å²) >= 11 is 0. The molecule has 0 fully saturated rings. The van der Waals surface area contributed by atoms with Crippen LogP contribution in [-0.4, -0.2) is 15.7 Å². The van der Waals surface area contributed by atoms with Crippen LogP contribution < -0.4 is 11.3 Å². The molecule has 5 nitrogen and oxygen atoms in total. The second kappa shape index (κ2) is 3.45. The van der Waals surface area contributed by atoms with Gasteiger partial charge >= 0.3 is 0 Å². The normalized spacial score (nSPS) is 10.1. The van der Waals surface area contributed by atoms with Crippen molar-refractivity contribution in [2.24, 2.45) is 5.73 Å². The maximum atomic E-state index is 11.6. The Morgan fingerprint density at radius 2 is 1.93 bits per heavy atom. The molecule has 0 radical (unpaired) electrons. The number of nitrogens with one attached hydrogen (secondary N) is 1. The first-order valence-corrected chi connectivity index (χ1v) is 4.36. The SMILES string of the molecule is NC(=O)c1c[nH]n(-c2ccccc2)c1=O. The topological polar surface area (TPSA) is 80.9 Å². The van der Waals surface area contributed by atoms with Gasteiger partial charge in [-0.15, -0.1) is 0 Å². The Hall–Kier alpha value is -2.30. The van der Waals surface area contributed by atoms with Crippen LogP contribution in [0.3, 0.4) is 0 Å². The van der Waals surface area contributed by atoms with Crippen molar-refractivity contribution in [1.82, 2.24) is 9.78 Å². The Bertz CT molecular complexity index is 539. The molecule has 0 aliphatic rings. The lowest BCUT2D eigenvalue weighted by molar-refractivity contribution is 0.0999. The highest BCUT2D eigenvalue weighted by molar-refractivity contribution is 5.92. The molecule has 1 heterocycles. The maximum absolute atomic E-state index is 11.6. The molecule has 0 atom stereocenters. The molecule has 5 heteroatoms. The van der Waals surface area contributed by atoms with Gasteiger partial charge in [-0.3, -0.25) is 14.7 Å². The van der Waals surface area contributed by atoms with Gasteiger partial charge < -0.3 is 5.73 Å². The highest BCUT2D eigenvalue weighted by Crippen LogP contribution is 2.02. The van der Waals surface area contributed by atoms with Gasteiger partial charge in [-0.2, -0.15) is 0 Å². The van der Waals surface area contributed by atoms with Gasteiger partial charge in [0.05, 0.1) is 5.69 Å². The molecule has 0 unspecified atom stereocenters. The number of nitrogens with two attached hydrogens (primary N) is 1. The summed E-state index contributed by atoms with van der Waals surface area (Å²) in [6.45, 7) is 0. The van der Waals surface area contributed by atoms with E-state index in [1.807, 2.05) is 6.07 Å². The van der Waals surface area contributed by atoms with Crippen molar-refractivity contribution in [2.75, 3.05) is 0 Å². The molecule has 1 aromatic carbocycles. The molecule has 1 aromatic heterocycles.